The topological polar surface area (TPSA) is 40.6 Å². The average Bonchev–Trinajstić information content (AvgIpc) is 3.04. The lowest BCUT2D eigenvalue weighted by Gasteiger charge is -2.38. The number of halogens is 3. The number of piperidine rings is 1. The third-order valence-corrected chi connectivity index (χ3v) is 6.31. The van der Waals surface area contributed by atoms with Crippen LogP contribution >= 0.6 is 0 Å². The van der Waals surface area contributed by atoms with Gasteiger partial charge in [0, 0.05) is 31.7 Å². The minimum absolute atomic E-state index is 0.0388. The van der Waals surface area contributed by atoms with Crippen molar-refractivity contribution >= 4 is 11.8 Å². The smallest absolute Gasteiger partial charge is 0.339 e. The Morgan fingerprint density at radius 3 is 2.17 bits per heavy atom. The van der Waals surface area contributed by atoms with Crippen LogP contribution in [0.3, 0.4) is 0 Å². The van der Waals surface area contributed by atoms with E-state index in [-0.39, 0.29) is 23.9 Å². The summed E-state index contributed by atoms with van der Waals surface area (Å²) in [6, 6.07) is 14.4. The summed E-state index contributed by atoms with van der Waals surface area (Å²) in [7, 11) is 0. The Labute approximate surface area is 173 Å². The number of rotatable bonds is 3. The summed E-state index contributed by atoms with van der Waals surface area (Å²) in [5, 5.41) is 0. The molecule has 2 heterocycles. The minimum Gasteiger partial charge on any atom is -0.339 e. The predicted molar refractivity (Wildman–Crippen MR) is 105 cm³/mol. The van der Waals surface area contributed by atoms with Crippen LogP contribution in [0.15, 0.2) is 54.6 Å². The molecule has 2 aromatic rings. The Bertz CT molecular complexity index is 935. The monoisotopic (exact) mass is 416 g/mol. The van der Waals surface area contributed by atoms with Crippen molar-refractivity contribution in [3.05, 3.63) is 71.3 Å². The van der Waals surface area contributed by atoms with Crippen LogP contribution in [0, 0.1) is 5.41 Å². The highest BCUT2D eigenvalue weighted by atomic mass is 19.4. The number of likely N-dealkylation sites (tertiary alicyclic amines) is 2. The quantitative estimate of drug-likeness (QED) is 0.746. The van der Waals surface area contributed by atoms with Gasteiger partial charge < -0.3 is 9.80 Å². The first kappa shape index (κ1) is 20.4. The Hall–Kier alpha value is -2.83. The molecular formula is C23H23F3N2O2. The van der Waals surface area contributed by atoms with Crippen molar-refractivity contribution in [2.75, 3.05) is 19.6 Å². The van der Waals surface area contributed by atoms with Gasteiger partial charge >= 0.3 is 6.18 Å². The van der Waals surface area contributed by atoms with Gasteiger partial charge in [0.1, 0.15) is 0 Å². The largest absolute Gasteiger partial charge is 0.416 e. The molecule has 0 aromatic heterocycles. The van der Waals surface area contributed by atoms with Gasteiger partial charge in [0.2, 0.25) is 5.91 Å². The van der Waals surface area contributed by atoms with Crippen molar-refractivity contribution in [3.8, 4) is 0 Å². The Morgan fingerprint density at radius 1 is 0.900 bits per heavy atom. The van der Waals surface area contributed by atoms with Gasteiger partial charge in [-0.25, -0.2) is 0 Å². The van der Waals surface area contributed by atoms with Crippen LogP contribution in [0.5, 0.6) is 0 Å². The standard InChI is InChI=1S/C23H23F3N2O2/c24-23(25,26)19-9-5-4-8-18(19)16-28-15-12-22(21(28)30)10-13-27(14-11-22)20(29)17-6-2-1-3-7-17/h1-9H,10-16H2. The van der Waals surface area contributed by atoms with Crippen LogP contribution in [0.4, 0.5) is 13.2 Å². The van der Waals surface area contributed by atoms with Crippen molar-refractivity contribution < 1.29 is 22.8 Å². The number of hydrogen-bond acceptors (Lipinski definition) is 2. The molecule has 2 aliphatic heterocycles. The molecule has 0 radical (unpaired) electrons. The molecule has 2 amide bonds. The minimum atomic E-state index is -4.44. The zero-order valence-corrected chi connectivity index (χ0v) is 16.5. The maximum absolute atomic E-state index is 13.3. The molecule has 1 spiro atoms. The summed E-state index contributed by atoms with van der Waals surface area (Å²) in [4.78, 5) is 29.1. The zero-order chi connectivity index (χ0) is 21.4. The molecule has 2 saturated heterocycles. The first-order chi connectivity index (χ1) is 14.3. The van der Waals surface area contributed by atoms with Crippen LogP contribution < -0.4 is 0 Å². The lowest BCUT2D eigenvalue weighted by molar-refractivity contribution is -0.141. The summed E-state index contributed by atoms with van der Waals surface area (Å²) in [6.45, 7) is 1.36. The molecule has 0 aliphatic carbocycles. The Kier molecular flexibility index (Phi) is 5.30. The molecule has 4 nitrogen and oxygen atoms in total. The van der Waals surface area contributed by atoms with Crippen molar-refractivity contribution in [2.45, 2.75) is 32.0 Å². The van der Waals surface area contributed by atoms with Crippen molar-refractivity contribution in [1.29, 1.82) is 0 Å². The van der Waals surface area contributed by atoms with E-state index in [4.69, 9.17) is 0 Å². The number of carbonyl (C=O) groups excluding carboxylic acids is 2. The molecule has 0 unspecified atom stereocenters. The van der Waals surface area contributed by atoms with Crippen molar-refractivity contribution in [1.82, 2.24) is 9.80 Å². The SMILES string of the molecule is O=C(c1ccccc1)N1CCC2(CC1)CCN(Cc1ccccc1C(F)(F)F)C2=O. The van der Waals surface area contributed by atoms with E-state index in [1.54, 1.807) is 28.0 Å². The first-order valence-electron chi connectivity index (χ1n) is 10.1. The third-order valence-electron chi connectivity index (χ3n) is 6.31. The zero-order valence-electron chi connectivity index (χ0n) is 16.5. The van der Waals surface area contributed by atoms with Gasteiger partial charge in [0.25, 0.3) is 5.91 Å². The second-order valence-electron chi connectivity index (χ2n) is 8.07. The maximum atomic E-state index is 13.3. The fourth-order valence-electron chi connectivity index (χ4n) is 4.55. The van der Waals surface area contributed by atoms with Crippen molar-refractivity contribution in [2.24, 2.45) is 5.41 Å². The van der Waals surface area contributed by atoms with Gasteiger partial charge in [0.05, 0.1) is 11.0 Å². The van der Waals surface area contributed by atoms with Crippen LogP contribution in [0.1, 0.15) is 40.7 Å². The van der Waals surface area contributed by atoms with Crippen LogP contribution in [-0.4, -0.2) is 41.2 Å². The fraction of sp³-hybridized carbons (Fsp3) is 0.391. The van der Waals surface area contributed by atoms with Gasteiger partial charge in [-0.2, -0.15) is 13.2 Å². The Morgan fingerprint density at radius 2 is 1.50 bits per heavy atom. The lowest BCUT2D eigenvalue weighted by atomic mass is 9.77. The molecule has 2 aliphatic rings. The van der Waals surface area contributed by atoms with Gasteiger partial charge in [0.15, 0.2) is 0 Å². The van der Waals surface area contributed by atoms with E-state index in [1.165, 1.54) is 12.1 Å². The van der Waals surface area contributed by atoms with Crippen molar-refractivity contribution in [3.63, 3.8) is 0 Å². The number of alkyl halides is 3. The van der Waals surface area contributed by atoms with Crippen LogP contribution in [0.25, 0.3) is 0 Å². The van der Waals surface area contributed by atoms with E-state index in [0.29, 0.717) is 44.5 Å². The summed E-state index contributed by atoms with van der Waals surface area (Å²) in [5.74, 6) is -0.141. The van der Waals surface area contributed by atoms with Gasteiger partial charge in [-0.3, -0.25) is 9.59 Å². The second-order valence-corrected chi connectivity index (χ2v) is 8.07. The molecular weight excluding hydrogens is 393 g/mol. The van der Waals surface area contributed by atoms with E-state index in [2.05, 4.69) is 0 Å². The highest BCUT2D eigenvalue weighted by Gasteiger charge is 2.49. The molecule has 2 fully saturated rings. The summed E-state index contributed by atoms with van der Waals surface area (Å²) >= 11 is 0. The second kappa shape index (κ2) is 7.78. The molecule has 0 saturated carbocycles. The van der Waals surface area contributed by atoms with Crippen LogP contribution in [0.2, 0.25) is 0 Å². The van der Waals surface area contributed by atoms with Crippen LogP contribution in [-0.2, 0) is 17.5 Å². The number of benzene rings is 2. The molecule has 0 N–H and O–H groups in total. The van der Waals surface area contributed by atoms with Gasteiger partial charge in [-0.15, -0.1) is 0 Å². The molecule has 4 rings (SSSR count). The number of nitrogens with zero attached hydrogens (tertiary/aromatic N) is 2. The highest BCUT2D eigenvalue weighted by Crippen LogP contribution is 2.43. The van der Waals surface area contributed by atoms with E-state index in [9.17, 15) is 22.8 Å². The van der Waals surface area contributed by atoms with E-state index < -0.39 is 17.2 Å². The molecule has 30 heavy (non-hydrogen) atoms. The van der Waals surface area contributed by atoms with Gasteiger partial charge in [-0.05, 0) is 43.0 Å². The van der Waals surface area contributed by atoms with E-state index in [1.807, 2.05) is 18.2 Å². The lowest BCUT2D eigenvalue weighted by Crippen LogP contribution is -2.46. The Balaban J connectivity index is 1.43. The van der Waals surface area contributed by atoms with E-state index in [0.717, 1.165) is 6.07 Å². The van der Waals surface area contributed by atoms with E-state index >= 15 is 0 Å². The fourth-order valence-corrected chi connectivity index (χ4v) is 4.55. The number of hydrogen-bond donors (Lipinski definition) is 0. The first-order valence-corrected chi connectivity index (χ1v) is 10.1. The predicted octanol–water partition coefficient (Wildman–Crippen LogP) is 4.36. The summed E-state index contributed by atoms with van der Waals surface area (Å²) < 4.78 is 39.9. The van der Waals surface area contributed by atoms with Gasteiger partial charge in [-0.1, -0.05) is 36.4 Å². The number of amides is 2. The molecule has 0 atom stereocenters. The molecule has 7 heteroatoms. The number of carbonyl (C=O) groups is 2. The molecule has 2 aromatic carbocycles. The summed E-state index contributed by atoms with van der Waals surface area (Å²) in [5.41, 5.74) is -0.522. The molecule has 158 valence electrons. The third kappa shape index (κ3) is 3.80. The summed E-state index contributed by atoms with van der Waals surface area (Å²) in [6.07, 6.45) is -2.74. The normalized spacial score (nSPS) is 18.8. The molecule has 0 bridgehead atoms. The maximum Gasteiger partial charge on any atom is 0.416 e. The average molecular weight is 416 g/mol. The highest BCUT2D eigenvalue weighted by molar-refractivity contribution is 5.94.